The summed E-state index contributed by atoms with van der Waals surface area (Å²) in [6.45, 7) is 1.28. The molecular formula is C25H29N3O10. The minimum absolute atomic E-state index is 0.00798. The number of amides is 2. The second-order valence-corrected chi connectivity index (χ2v) is 8.15. The van der Waals surface area contributed by atoms with E-state index in [9.17, 15) is 39.5 Å². The highest BCUT2D eigenvalue weighted by molar-refractivity contribution is 5.85. The first-order valence-electron chi connectivity index (χ1n) is 11.7. The molecule has 13 nitrogen and oxygen atoms in total. The first-order chi connectivity index (χ1) is 18.1. The maximum atomic E-state index is 12.5. The number of hydrogen-bond acceptors (Lipinski definition) is 9. The Kier molecular flexibility index (Phi) is 11.6. The van der Waals surface area contributed by atoms with Crippen molar-refractivity contribution < 1.29 is 43.8 Å². The maximum Gasteiger partial charge on any atom is 0.407 e. The van der Waals surface area contributed by atoms with Crippen molar-refractivity contribution in [1.82, 2.24) is 10.6 Å². The summed E-state index contributed by atoms with van der Waals surface area (Å²) >= 11 is 0. The quantitative estimate of drug-likeness (QED) is 0.159. The van der Waals surface area contributed by atoms with Crippen molar-refractivity contribution in [2.24, 2.45) is 0 Å². The molecule has 0 bridgehead atoms. The van der Waals surface area contributed by atoms with Crippen LogP contribution in [0.5, 0.6) is 0 Å². The van der Waals surface area contributed by atoms with Crippen LogP contribution in [-0.2, 0) is 30.5 Å². The summed E-state index contributed by atoms with van der Waals surface area (Å²) in [5.41, 5.74) is 0.768. The van der Waals surface area contributed by atoms with Gasteiger partial charge in [-0.2, -0.15) is 0 Å². The van der Waals surface area contributed by atoms with Gasteiger partial charge in [-0.25, -0.2) is 9.59 Å². The van der Waals surface area contributed by atoms with E-state index in [0.29, 0.717) is 0 Å². The van der Waals surface area contributed by atoms with Gasteiger partial charge >= 0.3 is 18.0 Å². The van der Waals surface area contributed by atoms with Crippen molar-refractivity contribution in [2.75, 3.05) is 13.2 Å². The largest absolute Gasteiger partial charge is 0.480 e. The number of non-ortho nitro benzene ring substituents is 1. The number of hydrogen-bond donors (Lipinski definition) is 4. The number of carboxylic acid groups (broad SMARTS) is 1. The van der Waals surface area contributed by atoms with Crippen molar-refractivity contribution in [3.63, 3.8) is 0 Å². The molecule has 0 radical (unpaired) electrons. The number of esters is 1. The molecule has 0 aliphatic rings. The monoisotopic (exact) mass is 531 g/mol. The van der Waals surface area contributed by atoms with Crippen molar-refractivity contribution in [3.8, 4) is 0 Å². The van der Waals surface area contributed by atoms with Gasteiger partial charge in [0.15, 0.2) is 0 Å². The van der Waals surface area contributed by atoms with Gasteiger partial charge in [-0.3, -0.25) is 19.7 Å². The molecule has 38 heavy (non-hydrogen) atoms. The number of nitrogens with one attached hydrogen (secondary N) is 2. The zero-order chi connectivity index (χ0) is 28.1. The third kappa shape index (κ3) is 9.85. The molecular weight excluding hydrogens is 502 g/mol. The van der Waals surface area contributed by atoms with Gasteiger partial charge in [0.1, 0.15) is 12.6 Å². The second-order valence-electron chi connectivity index (χ2n) is 8.15. The molecule has 204 valence electrons. The molecule has 0 aromatic heterocycles. The highest BCUT2D eigenvalue weighted by Gasteiger charge is 2.34. The number of nitro groups is 1. The fourth-order valence-electron chi connectivity index (χ4n) is 3.50. The standard InChI is InChI=1S/C25H29N3O10/c1-2-37-22(31)13-20(17-8-10-18(11-9-17)28(35)36)23(24(32)33)27-21(30)12-19(29)14-26-25(34)38-15-16-6-4-3-5-7-16/h3-11,19-20,23,29H,2,12-15H2,1H3,(H,26,34)(H,27,30)(H,32,33)/t19-,20+,23-/m0/s1. The predicted octanol–water partition coefficient (Wildman–Crippen LogP) is 1.88. The number of aliphatic carboxylic acids is 1. The number of aliphatic hydroxyl groups excluding tert-OH is 1. The van der Waals surface area contributed by atoms with Gasteiger partial charge in [-0.05, 0) is 18.1 Å². The maximum absolute atomic E-state index is 12.5. The molecule has 3 atom stereocenters. The van der Waals surface area contributed by atoms with Crippen LogP contribution in [0.4, 0.5) is 10.5 Å². The summed E-state index contributed by atoms with van der Waals surface area (Å²) in [6, 6.07) is 12.2. The van der Waals surface area contributed by atoms with Crippen molar-refractivity contribution in [3.05, 3.63) is 75.8 Å². The lowest BCUT2D eigenvalue weighted by atomic mass is 9.88. The van der Waals surface area contributed by atoms with Crippen molar-refractivity contribution in [1.29, 1.82) is 0 Å². The number of nitro benzene ring substituents is 1. The van der Waals surface area contributed by atoms with Crippen LogP contribution >= 0.6 is 0 Å². The smallest absolute Gasteiger partial charge is 0.407 e. The summed E-state index contributed by atoms with van der Waals surface area (Å²) in [5, 5.41) is 35.5. The van der Waals surface area contributed by atoms with E-state index in [1.54, 1.807) is 31.2 Å². The van der Waals surface area contributed by atoms with Crippen molar-refractivity contribution >= 4 is 29.6 Å². The lowest BCUT2D eigenvalue weighted by molar-refractivity contribution is -0.384. The number of aliphatic hydroxyl groups is 1. The molecule has 0 aliphatic heterocycles. The SMILES string of the molecule is CCOC(=O)C[C@H](c1ccc([N+](=O)[O-])cc1)[C@H](NC(=O)C[C@H](O)CNC(=O)OCc1ccccc1)C(=O)O. The number of carbonyl (C=O) groups is 4. The van der Waals surface area contributed by atoms with Gasteiger partial charge in [-0.1, -0.05) is 42.5 Å². The highest BCUT2D eigenvalue weighted by Crippen LogP contribution is 2.27. The number of ether oxygens (including phenoxy) is 2. The summed E-state index contributed by atoms with van der Waals surface area (Å²) in [7, 11) is 0. The molecule has 0 spiro atoms. The van der Waals surface area contributed by atoms with Crippen LogP contribution in [0.2, 0.25) is 0 Å². The number of nitrogens with zero attached hydrogens (tertiary/aromatic N) is 1. The van der Waals surface area contributed by atoms with Crippen LogP contribution in [0.25, 0.3) is 0 Å². The molecule has 0 aliphatic carbocycles. The van der Waals surface area contributed by atoms with Crippen molar-refractivity contribution in [2.45, 2.75) is 44.4 Å². The lowest BCUT2D eigenvalue weighted by Crippen LogP contribution is -2.47. The van der Waals surface area contributed by atoms with Gasteiger partial charge in [0, 0.05) is 24.6 Å². The predicted molar refractivity (Wildman–Crippen MR) is 132 cm³/mol. The normalized spacial score (nSPS) is 12.9. The molecule has 0 saturated carbocycles. The molecule has 0 unspecified atom stereocenters. The van der Waals surface area contributed by atoms with Gasteiger partial charge in [0.25, 0.3) is 5.69 Å². The number of benzene rings is 2. The van der Waals surface area contributed by atoms with E-state index in [0.717, 1.165) is 17.7 Å². The van der Waals surface area contributed by atoms with Gasteiger partial charge in [-0.15, -0.1) is 0 Å². The van der Waals surface area contributed by atoms with Crippen LogP contribution in [0.1, 0.15) is 36.8 Å². The Balaban J connectivity index is 2.00. The summed E-state index contributed by atoms with van der Waals surface area (Å²) in [4.78, 5) is 58.9. The third-order valence-electron chi connectivity index (χ3n) is 5.32. The zero-order valence-corrected chi connectivity index (χ0v) is 20.6. The van der Waals surface area contributed by atoms with Gasteiger partial charge in [0.05, 0.1) is 30.5 Å². The Morgan fingerprint density at radius 3 is 2.24 bits per heavy atom. The summed E-state index contributed by atoms with van der Waals surface area (Å²) in [5.74, 6) is -4.18. The van der Waals surface area contributed by atoms with Crippen LogP contribution in [0.3, 0.4) is 0 Å². The Morgan fingerprint density at radius 2 is 1.66 bits per heavy atom. The molecule has 2 rings (SSSR count). The average molecular weight is 532 g/mol. The van der Waals surface area contributed by atoms with Crippen LogP contribution in [-0.4, -0.2) is 64.4 Å². The molecule has 13 heteroatoms. The number of rotatable bonds is 14. The first kappa shape index (κ1) is 29.7. The van der Waals surface area contributed by atoms with Crippen LogP contribution < -0.4 is 10.6 Å². The Bertz CT molecular complexity index is 1110. The summed E-state index contributed by atoms with van der Waals surface area (Å²) in [6.07, 6.45) is -3.17. The van der Waals surface area contributed by atoms with E-state index in [1.807, 2.05) is 6.07 Å². The number of carboxylic acids is 1. The van der Waals surface area contributed by atoms with Gasteiger partial charge < -0.3 is 30.3 Å². The topological polar surface area (TPSA) is 194 Å². The van der Waals surface area contributed by atoms with Gasteiger partial charge in [0.2, 0.25) is 5.91 Å². The Morgan fingerprint density at radius 1 is 1.00 bits per heavy atom. The van der Waals surface area contributed by atoms with E-state index in [-0.39, 0.29) is 31.0 Å². The molecule has 0 heterocycles. The first-order valence-corrected chi connectivity index (χ1v) is 11.7. The Labute approximate surface area is 217 Å². The third-order valence-corrected chi connectivity index (χ3v) is 5.32. The lowest BCUT2D eigenvalue weighted by Gasteiger charge is -2.25. The fourth-order valence-corrected chi connectivity index (χ4v) is 3.50. The fraction of sp³-hybridized carbons (Fsp3) is 0.360. The molecule has 2 aromatic rings. The molecule has 0 fully saturated rings. The molecule has 2 aromatic carbocycles. The minimum atomic E-state index is -1.62. The second kappa shape index (κ2) is 14.9. The van der Waals surface area contributed by atoms with Crippen LogP contribution in [0, 0.1) is 10.1 Å². The highest BCUT2D eigenvalue weighted by atomic mass is 16.6. The zero-order valence-electron chi connectivity index (χ0n) is 20.6. The van der Waals surface area contributed by atoms with E-state index in [2.05, 4.69) is 10.6 Å². The van der Waals surface area contributed by atoms with E-state index in [4.69, 9.17) is 9.47 Å². The molecule has 2 amide bonds. The average Bonchev–Trinajstić information content (AvgIpc) is 2.89. The minimum Gasteiger partial charge on any atom is -0.480 e. The van der Waals surface area contributed by atoms with E-state index >= 15 is 0 Å². The van der Waals surface area contributed by atoms with E-state index < -0.39 is 59.8 Å². The van der Waals surface area contributed by atoms with Crippen LogP contribution in [0.15, 0.2) is 54.6 Å². The Hall–Kier alpha value is -4.52. The van der Waals surface area contributed by atoms with E-state index in [1.165, 1.54) is 12.1 Å². The number of carbonyl (C=O) groups excluding carboxylic acids is 3. The molecule has 4 N–H and O–H groups in total. The molecule has 0 saturated heterocycles. The number of alkyl carbamates (subject to hydrolysis) is 1. The summed E-state index contributed by atoms with van der Waals surface area (Å²) < 4.78 is 9.93.